The van der Waals surface area contributed by atoms with Crippen LogP contribution in [0.2, 0.25) is 0 Å². The molecule has 0 radical (unpaired) electrons. The minimum atomic E-state index is 0.117. The Morgan fingerprint density at radius 2 is 1.74 bits per heavy atom. The van der Waals surface area contributed by atoms with Gasteiger partial charge in [-0.1, -0.05) is 42.3 Å². The van der Waals surface area contributed by atoms with Gasteiger partial charge in [-0.15, -0.1) is 0 Å². The van der Waals surface area contributed by atoms with Crippen LogP contribution in [0.1, 0.15) is 80.8 Å². The van der Waals surface area contributed by atoms with Crippen LogP contribution in [-0.4, -0.2) is 38.9 Å². The lowest BCUT2D eigenvalue weighted by atomic mass is 9.80. The van der Waals surface area contributed by atoms with E-state index < -0.39 is 0 Å². The van der Waals surface area contributed by atoms with Crippen LogP contribution in [0, 0.1) is 18.8 Å². The molecule has 38 heavy (non-hydrogen) atoms. The van der Waals surface area contributed by atoms with Crippen molar-refractivity contribution < 1.29 is 14.3 Å². The van der Waals surface area contributed by atoms with E-state index in [2.05, 4.69) is 45.7 Å². The van der Waals surface area contributed by atoms with Gasteiger partial charge in [-0.2, -0.15) is 0 Å². The summed E-state index contributed by atoms with van der Waals surface area (Å²) in [5.41, 5.74) is 4.80. The Morgan fingerprint density at radius 1 is 1.03 bits per heavy atom. The van der Waals surface area contributed by atoms with E-state index in [1.54, 1.807) is 14.0 Å². The minimum absolute atomic E-state index is 0.117. The molecule has 3 N–H and O–H groups in total. The summed E-state index contributed by atoms with van der Waals surface area (Å²) < 4.78 is 6.30. The van der Waals surface area contributed by atoms with Gasteiger partial charge in [-0.3, -0.25) is 9.59 Å². The number of benzene rings is 2. The molecule has 6 nitrogen and oxygen atoms in total. The van der Waals surface area contributed by atoms with Gasteiger partial charge >= 0.3 is 0 Å². The molecule has 1 aliphatic carbocycles. The zero-order valence-electron chi connectivity index (χ0n) is 24.0. The molecule has 2 aromatic carbocycles. The van der Waals surface area contributed by atoms with Gasteiger partial charge in [0.05, 0.1) is 7.11 Å². The largest absolute Gasteiger partial charge is 0.496 e. The van der Waals surface area contributed by atoms with Gasteiger partial charge < -0.3 is 20.7 Å². The molecule has 0 atom stereocenters. The molecule has 0 bridgehead atoms. The molecule has 2 aromatic rings. The third kappa shape index (κ3) is 9.73. The molecule has 1 aliphatic rings. The van der Waals surface area contributed by atoms with Crippen LogP contribution in [0.3, 0.4) is 0 Å². The number of nitrogens with one attached hydrogen (secondary N) is 3. The summed E-state index contributed by atoms with van der Waals surface area (Å²) in [6.45, 7) is 9.80. The van der Waals surface area contributed by atoms with E-state index in [4.69, 9.17) is 4.74 Å². The van der Waals surface area contributed by atoms with E-state index in [1.165, 1.54) is 19.3 Å². The molecular weight excluding hydrogens is 542 g/mol. The van der Waals surface area contributed by atoms with E-state index in [-0.39, 0.29) is 17.6 Å². The van der Waals surface area contributed by atoms with Crippen molar-refractivity contribution in [1.29, 1.82) is 0 Å². The molecule has 210 valence electrons. The zero-order chi connectivity index (χ0) is 28.1. The number of ether oxygens (including phenoxy) is 1. The Hall–Kier alpha value is -2.38. The van der Waals surface area contributed by atoms with Crippen LogP contribution >= 0.6 is 15.9 Å². The van der Waals surface area contributed by atoms with Crippen molar-refractivity contribution in [3.05, 3.63) is 51.5 Å². The number of halogens is 1. The third-order valence-electron chi connectivity index (χ3n) is 7.33. The number of carbonyl (C=O) groups excluding carboxylic acids is 2. The normalized spacial score (nSPS) is 16.7. The lowest BCUT2D eigenvalue weighted by Crippen LogP contribution is -2.27. The SMILES string of the molecule is CCC1CCC(C(=O)Nc2ccc(C)c(OC)c2)CC1.CCc1c(Br)cc(NCCCNC)cc1C(C)=O. The maximum atomic E-state index is 12.3. The molecule has 0 aliphatic heterocycles. The van der Waals surface area contributed by atoms with Crippen LogP contribution in [0.4, 0.5) is 11.4 Å². The zero-order valence-corrected chi connectivity index (χ0v) is 25.6. The van der Waals surface area contributed by atoms with E-state index in [0.717, 1.165) is 83.0 Å². The first-order valence-electron chi connectivity index (χ1n) is 13.9. The van der Waals surface area contributed by atoms with E-state index in [9.17, 15) is 9.59 Å². The highest BCUT2D eigenvalue weighted by atomic mass is 79.9. The smallest absolute Gasteiger partial charge is 0.227 e. The highest BCUT2D eigenvalue weighted by Crippen LogP contribution is 2.32. The van der Waals surface area contributed by atoms with Crippen LogP contribution < -0.4 is 20.7 Å². The van der Waals surface area contributed by atoms with Gasteiger partial charge in [0.25, 0.3) is 0 Å². The lowest BCUT2D eigenvalue weighted by molar-refractivity contribution is -0.121. The monoisotopic (exact) mass is 587 g/mol. The molecule has 1 saturated carbocycles. The Kier molecular flexibility index (Phi) is 13.9. The quantitative estimate of drug-likeness (QED) is 0.188. The first kappa shape index (κ1) is 31.8. The van der Waals surface area contributed by atoms with Crippen molar-refractivity contribution in [2.75, 3.05) is 37.9 Å². The number of amides is 1. The summed E-state index contributed by atoms with van der Waals surface area (Å²) in [6, 6.07) is 9.80. The molecule has 7 heteroatoms. The van der Waals surface area contributed by atoms with E-state index in [1.807, 2.05) is 44.3 Å². The van der Waals surface area contributed by atoms with Crippen LogP contribution in [-0.2, 0) is 11.2 Å². The Labute approximate surface area is 237 Å². The number of anilines is 2. The topological polar surface area (TPSA) is 79.5 Å². The average molecular weight is 589 g/mol. The van der Waals surface area contributed by atoms with Gasteiger partial charge in [-0.25, -0.2) is 0 Å². The van der Waals surface area contributed by atoms with Gasteiger partial charge in [0.1, 0.15) is 5.75 Å². The Balaban J connectivity index is 0.000000269. The Morgan fingerprint density at radius 3 is 2.32 bits per heavy atom. The fourth-order valence-corrected chi connectivity index (χ4v) is 5.63. The number of Topliss-reactive ketones (excluding diaryl/α,β-unsaturated/α-hetero) is 1. The van der Waals surface area contributed by atoms with Gasteiger partial charge in [0.2, 0.25) is 5.91 Å². The van der Waals surface area contributed by atoms with Crippen molar-refractivity contribution in [3.63, 3.8) is 0 Å². The summed E-state index contributed by atoms with van der Waals surface area (Å²) >= 11 is 3.54. The number of ketones is 1. The predicted molar refractivity (Wildman–Crippen MR) is 163 cm³/mol. The number of aryl methyl sites for hydroxylation is 1. The first-order valence-corrected chi connectivity index (χ1v) is 14.7. The second kappa shape index (κ2) is 16.6. The van der Waals surface area contributed by atoms with Gasteiger partial charge in [0.15, 0.2) is 5.78 Å². The fraction of sp³-hybridized carbons (Fsp3) is 0.548. The molecule has 1 amide bonds. The van der Waals surface area contributed by atoms with Crippen LogP contribution in [0.15, 0.2) is 34.8 Å². The average Bonchev–Trinajstić information content (AvgIpc) is 2.92. The highest BCUT2D eigenvalue weighted by Gasteiger charge is 2.25. The number of carbonyl (C=O) groups is 2. The number of hydrogen-bond acceptors (Lipinski definition) is 5. The molecule has 0 spiro atoms. The molecule has 0 heterocycles. The van der Waals surface area contributed by atoms with Crippen molar-refractivity contribution in [1.82, 2.24) is 5.32 Å². The Bertz CT molecular complexity index is 1050. The van der Waals surface area contributed by atoms with Crippen molar-refractivity contribution in [2.24, 2.45) is 11.8 Å². The minimum Gasteiger partial charge on any atom is -0.496 e. The van der Waals surface area contributed by atoms with E-state index >= 15 is 0 Å². The number of hydrogen-bond donors (Lipinski definition) is 3. The second-order valence-electron chi connectivity index (χ2n) is 10.1. The molecule has 0 aromatic heterocycles. The lowest BCUT2D eigenvalue weighted by Gasteiger charge is -2.27. The standard InChI is InChI=1S/C17H25NO2.C14H21BrN2O/c1-4-13-6-8-14(9-7-13)17(19)18-15-10-5-12(2)16(11-15)20-3;1-4-12-13(10(2)18)8-11(9-14(12)15)17-7-5-6-16-3/h5,10-11,13-14H,4,6-9H2,1-3H3,(H,18,19);8-9,16-17H,4-7H2,1-3H3. The van der Waals surface area contributed by atoms with Crippen LogP contribution in [0.5, 0.6) is 5.75 Å². The number of rotatable bonds is 11. The second-order valence-corrected chi connectivity index (χ2v) is 10.9. The molecule has 1 fully saturated rings. The summed E-state index contributed by atoms with van der Waals surface area (Å²) in [4.78, 5) is 23.9. The van der Waals surface area contributed by atoms with Crippen molar-refractivity contribution in [2.45, 2.75) is 72.6 Å². The fourth-order valence-electron chi connectivity index (χ4n) is 4.88. The first-order chi connectivity index (χ1) is 18.2. The predicted octanol–water partition coefficient (Wildman–Crippen LogP) is 7.39. The van der Waals surface area contributed by atoms with Gasteiger partial charge in [-0.05, 0) is 101 Å². The van der Waals surface area contributed by atoms with Crippen molar-refractivity contribution in [3.8, 4) is 5.75 Å². The molecule has 3 rings (SSSR count). The molecule has 0 unspecified atom stereocenters. The van der Waals surface area contributed by atoms with E-state index in [0.29, 0.717) is 0 Å². The maximum absolute atomic E-state index is 12.3. The third-order valence-corrected chi connectivity index (χ3v) is 8.04. The summed E-state index contributed by atoms with van der Waals surface area (Å²) in [6.07, 6.45) is 7.57. The van der Waals surface area contributed by atoms with Gasteiger partial charge in [0, 0.05) is 39.9 Å². The summed E-state index contributed by atoms with van der Waals surface area (Å²) in [5, 5.41) is 9.48. The maximum Gasteiger partial charge on any atom is 0.227 e. The molecular formula is C31H46BrN3O3. The van der Waals surface area contributed by atoms with Crippen LogP contribution in [0.25, 0.3) is 0 Å². The molecule has 0 saturated heterocycles. The number of methoxy groups -OCH3 is 1. The van der Waals surface area contributed by atoms with Crippen molar-refractivity contribution >= 4 is 39.0 Å². The summed E-state index contributed by atoms with van der Waals surface area (Å²) in [5.74, 6) is 2.08. The summed E-state index contributed by atoms with van der Waals surface area (Å²) in [7, 11) is 3.60. The highest BCUT2D eigenvalue weighted by molar-refractivity contribution is 9.10.